The van der Waals surface area contributed by atoms with Crippen LogP contribution < -0.4 is 5.32 Å². The van der Waals surface area contributed by atoms with Crippen LogP contribution in [-0.4, -0.2) is 22.8 Å². The smallest absolute Gasteiger partial charge is 0.248 e. The molecule has 0 saturated heterocycles. The van der Waals surface area contributed by atoms with Gasteiger partial charge < -0.3 is 9.73 Å². The lowest BCUT2D eigenvalue weighted by molar-refractivity contribution is 0.484. The molecule has 1 heterocycles. The Morgan fingerprint density at radius 2 is 1.84 bits per heavy atom. The Labute approximate surface area is 114 Å². The van der Waals surface area contributed by atoms with Crippen molar-refractivity contribution < 1.29 is 4.42 Å². The first-order chi connectivity index (χ1) is 9.08. The summed E-state index contributed by atoms with van der Waals surface area (Å²) in [6.07, 6.45) is 0.760. The summed E-state index contributed by atoms with van der Waals surface area (Å²) in [6.45, 7) is 9.22. The minimum atomic E-state index is 0.473. The molecule has 2 rings (SSSR count). The highest BCUT2D eigenvalue weighted by Crippen LogP contribution is 2.25. The van der Waals surface area contributed by atoms with Crippen LogP contribution in [0.4, 0.5) is 0 Å². The topological polar surface area (TPSA) is 51.0 Å². The number of nitrogens with zero attached hydrogens (tertiary/aromatic N) is 2. The maximum Gasteiger partial charge on any atom is 0.248 e. The Morgan fingerprint density at radius 1 is 1.16 bits per heavy atom. The van der Waals surface area contributed by atoms with Gasteiger partial charge in [0.15, 0.2) is 0 Å². The van der Waals surface area contributed by atoms with Crippen LogP contribution in [0.1, 0.15) is 30.9 Å². The van der Waals surface area contributed by atoms with Crippen molar-refractivity contribution in [3.05, 3.63) is 35.2 Å². The Kier molecular flexibility index (Phi) is 4.32. The number of nitrogens with one attached hydrogen (secondary N) is 1. The molecule has 0 spiro atoms. The van der Waals surface area contributed by atoms with Crippen LogP contribution in [0.3, 0.4) is 0 Å². The summed E-state index contributed by atoms with van der Waals surface area (Å²) >= 11 is 0. The molecule has 0 atom stereocenters. The van der Waals surface area contributed by atoms with E-state index in [2.05, 4.69) is 55.3 Å². The first-order valence-corrected chi connectivity index (χ1v) is 6.70. The van der Waals surface area contributed by atoms with Gasteiger partial charge in [0.25, 0.3) is 0 Å². The van der Waals surface area contributed by atoms with Gasteiger partial charge in [-0.3, -0.25) is 0 Å². The number of hydrogen-bond donors (Lipinski definition) is 1. The molecule has 0 bridgehead atoms. The van der Waals surface area contributed by atoms with Crippen molar-refractivity contribution in [3.63, 3.8) is 0 Å². The Balaban J connectivity index is 2.12. The maximum atomic E-state index is 5.75. The van der Waals surface area contributed by atoms with Crippen LogP contribution in [0.15, 0.2) is 22.6 Å². The van der Waals surface area contributed by atoms with Crippen LogP contribution in [0.25, 0.3) is 11.5 Å². The average molecular weight is 259 g/mol. The predicted octanol–water partition coefficient (Wildman–Crippen LogP) is 2.89. The van der Waals surface area contributed by atoms with Crippen molar-refractivity contribution in [2.24, 2.45) is 0 Å². The normalized spacial score (nSPS) is 11.2. The molecule has 1 aromatic heterocycles. The van der Waals surface area contributed by atoms with Crippen molar-refractivity contribution in [2.75, 3.05) is 6.54 Å². The molecule has 4 heteroatoms. The highest BCUT2D eigenvalue weighted by atomic mass is 16.4. The summed E-state index contributed by atoms with van der Waals surface area (Å²) in [5.74, 6) is 1.31. The van der Waals surface area contributed by atoms with Crippen molar-refractivity contribution >= 4 is 0 Å². The zero-order chi connectivity index (χ0) is 13.8. The van der Waals surface area contributed by atoms with Crippen LogP contribution in [0.2, 0.25) is 0 Å². The zero-order valence-electron chi connectivity index (χ0n) is 12.0. The van der Waals surface area contributed by atoms with E-state index in [9.17, 15) is 0 Å². The third kappa shape index (κ3) is 3.41. The third-order valence-corrected chi connectivity index (χ3v) is 3.05. The van der Waals surface area contributed by atoms with Crippen LogP contribution in [0.5, 0.6) is 0 Å². The molecule has 1 aromatic carbocycles. The second-order valence-electron chi connectivity index (χ2n) is 5.13. The molecule has 1 N–H and O–H groups in total. The molecule has 19 heavy (non-hydrogen) atoms. The quantitative estimate of drug-likeness (QED) is 0.897. The van der Waals surface area contributed by atoms with Gasteiger partial charge in [0.2, 0.25) is 11.8 Å². The van der Waals surface area contributed by atoms with Crippen molar-refractivity contribution in [1.29, 1.82) is 0 Å². The van der Waals surface area contributed by atoms with Gasteiger partial charge >= 0.3 is 0 Å². The number of rotatable bonds is 5. The molecule has 0 aliphatic rings. The summed E-state index contributed by atoms with van der Waals surface area (Å²) in [5.41, 5.74) is 3.38. The third-order valence-electron chi connectivity index (χ3n) is 3.05. The number of aryl methyl sites for hydroxylation is 2. The maximum absolute atomic E-state index is 5.75. The summed E-state index contributed by atoms with van der Waals surface area (Å²) < 4.78 is 5.75. The fourth-order valence-electron chi connectivity index (χ4n) is 2.08. The summed E-state index contributed by atoms with van der Waals surface area (Å²) in [6, 6.07) is 6.64. The Hall–Kier alpha value is -1.68. The second-order valence-corrected chi connectivity index (χ2v) is 5.13. The lowest BCUT2D eigenvalue weighted by Gasteiger charge is -2.05. The van der Waals surface area contributed by atoms with Gasteiger partial charge in [0.1, 0.15) is 0 Å². The van der Waals surface area contributed by atoms with E-state index in [1.54, 1.807) is 0 Å². The van der Waals surface area contributed by atoms with Crippen molar-refractivity contribution in [2.45, 2.75) is 40.2 Å². The van der Waals surface area contributed by atoms with E-state index >= 15 is 0 Å². The number of hydrogen-bond acceptors (Lipinski definition) is 4. The molecule has 2 aromatic rings. The van der Waals surface area contributed by atoms with E-state index in [4.69, 9.17) is 4.42 Å². The summed E-state index contributed by atoms with van der Waals surface area (Å²) in [7, 11) is 0. The van der Waals surface area contributed by atoms with Crippen LogP contribution in [-0.2, 0) is 6.42 Å². The highest BCUT2D eigenvalue weighted by Gasteiger charge is 2.12. The van der Waals surface area contributed by atoms with Crippen molar-refractivity contribution in [3.8, 4) is 11.5 Å². The van der Waals surface area contributed by atoms with E-state index < -0.39 is 0 Å². The average Bonchev–Trinajstić information content (AvgIpc) is 2.77. The van der Waals surface area contributed by atoms with Crippen LogP contribution in [0, 0.1) is 13.8 Å². The van der Waals surface area contributed by atoms with Gasteiger partial charge in [0, 0.05) is 24.6 Å². The molecule has 0 aliphatic carbocycles. The SMILES string of the molecule is Cc1cccc(C)c1-c1nnc(CCNC(C)C)o1. The van der Waals surface area contributed by atoms with E-state index in [1.165, 1.54) is 0 Å². The van der Waals surface area contributed by atoms with Gasteiger partial charge in [-0.05, 0) is 25.0 Å². The largest absolute Gasteiger partial charge is 0.421 e. The molecule has 102 valence electrons. The predicted molar refractivity (Wildman–Crippen MR) is 76.1 cm³/mol. The molecule has 0 unspecified atom stereocenters. The number of aromatic nitrogens is 2. The molecular formula is C15H21N3O. The van der Waals surface area contributed by atoms with E-state index in [-0.39, 0.29) is 0 Å². The first kappa shape index (κ1) is 13.7. The van der Waals surface area contributed by atoms with Gasteiger partial charge in [-0.1, -0.05) is 32.0 Å². The first-order valence-electron chi connectivity index (χ1n) is 6.70. The van der Waals surface area contributed by atoms with Gasteiger partial charge in [-0.15, -0.1) is 10.2 Å². The number of benzene rings is 1. The Bertz CT molecular complexity index is 526. The minimum absolute atomic E-state index is 0.473. The standard InChI is InChI=1S/C15H21N3O/c1-10(2)16-9-8-13-17-18-15(19-13)14-11(3)6-5-7-12(14)4/h5-7,10,16H,8-9H2,1-4H3. The lowest BCUT2D eigenvalue weighted by atomic mass is 10.0. The molecular weight excluding hydrogens is 238 g/mol. The molecule has 4 nitrogen and oxygen atoms in total. The fraction of sp³-hybridized carbons (Fsp3) is 0.467. The molecule has 0 amide bonds. The Morgan fingerprint density at radius 3 is 2.47 bits per heavy atom. The monoisotopic (exact) mass is 259 g/mol. The lowest BCUT2D eigenvalue weighted by Crippen LogP contribution is -2.25. The van der Waals surface area contributed by atoms with Gasteiger partial charge in [0.05, 0.1) is 0 Å². The van der Waals surface area contributed by atoms with Gasteiger partial charge in [-0.2, -0.15) is 0 Å². The van der Waals surface area contributed by atoms with Crippen molar-refractivity contribution in [1.82, 2.24) is 15.5 Å². The van der Waals surface area contributed by atoms with Gasteiger partial charge in [-0.25, -0.2) is 0 Å². The summed E-state index contributed by atoms with van der Waals surface area (Å²) in [4.78, 5) is 0. The van der Waals surface area contributed by atoms with E-state index in [0.29, 0.717) is 17.8 Å². The molecule has 0 saturated carbocycles. The van der Waals surface area contributed by atoms with E-state index in [0.717, 1.165) is 29.7 Å². The summed E-state index contributed by atoms with van der Waals surface area (Å²) in [5, 5.41) is 11.6. The fourth-order valence-corrected chi connectivity index (χ4v) is 2.08. The van der Waals surface area contributed by atoms with E-state index in [1.807, 2.05) is 6.07 Å². The minimum Gasteiger partial charge on any atom is -0.421 e. The highest BCUT2D eigenvalue weighted by molar-refractivity contribution is 5.62. The van der Waals surface area contributed by atoms with Crippen LogP contribution >= 0.6 is 0 Å². The molecule has 0 aliphatic heterocycles. The second kappa shape index (κ2) is 5.97. The zero-order valence-corrected chi connectivity index (χ0v) is 12.0. The molecule has 0 fully saturated rings. The molecule has 0 radical (unpaired) electrons.